The summed E-state index contributed by atoms with van der Waals surface area (Å²) in [5.41, 5.74) is 2.16. The Morgan fingerprint density at radius 3 is 2.65 bits per heavy atom. The Labute approximate surface area is 137 Å². The molecule has 0 unspecified atom stereocenters. The summed E-state index contributed by atoms with van der Waals surface area (Å²) in [6, 6.07) is 8.15. The smallest absolute Gasteiger partial charge is 0.227 e. The number of carbonyl (C=O) groups is 2. The summed E-state index contributed by atoms with van der Waals surface area (Å²) < 4.78 is 0. The highest BCUT2D eigenvalue weighted by Gasteiger charge is 2.49. The van der Waals surface area contributed by atoms with Gasteiger partial charge in [-0.1, -0.05) is 17.7 Å². The molecule has 0 N–H and O–H groups in total. The van der Waals surface area contributed by atoms with Crippen molar-refractivity contribution in [3.05, 3.63) is 29.8 Å². The predicted octanol–water partition coefficient (Wildman–Crippen LogP) is 2.75. The molecule has 0 bridgehead atoms. The summed E-state index contributed by atoms with van der Waals surface area (Å²) in [7, 11) is 0. The second kappa shape index (κ2) is 5.36. The van der Waals surface area contributed by atoms with Crippen LogP contribution in [-0.4, -0.2) is 36.3 Å². The molecule has 23 heavy (non-hydrogen) atoms. The lowest BCUT2D eigenvalue weighted by Crippen LogP contribution is -2.34. The fourth-order valence-corrected chi connectivity index (χ4v) is 3.98. The molecule has 0 radical (unpaired) electrons. The molecule has 2 amide bonds. The Balaban J connectivity index is 1.45. The van der Waals surface area contributed by atoms with Crippen molar-refractivity contribution in [1.82, 2.24) is 4.90 Å². The predicted molar refractivity (Wildman–Crippen MR) is 89.1 cm³/mol. The van der Waals surface area contributed by atoms with E-state index in [1.54, 1.807) is 0 Å². The Morgan fingerprint density at radius 1 is 1.22 bits per heavy atom. The van der Waals surface area contributed by atoms with Gasteiger partial charge in [0.25, 0.3) is 0 Å². The van der Waals surface area contributed by atoms with E-state index in [4.69, 9.17) is 0 Å². The van der Waals surface area contributed by atoms with Gasteiger partial charge in [0.2, 0.25) is 11.8 Å². The fourth-order valence-electron chi connectivity index (χ4n) is 3.98. The van der Waals surface area contributed by atoms with Crippen LogP contribution in [0.4, 0.5) is 5.69 Å². The highest BCUT2D eigenvalue weighted by molar-refractivity contribution is 5.96. The maximum absolute atomic E-state index is 12.5. The van der Waals surface area contributed by atoms with Crippen LogP contribution in [0, 0.1) is 18.3 Å². The van der Waals surface area contributed by atoms with Crippen molar-refractivity contribution in [2.75, 3.05) is 24.5 Å². The highest BCUT2D eigenvalue weighted by atomic mass is 16.2. The van der Waals surface area contributed by atoms with Gasteiger partial charge in [-0.15, -0.1) is 0 Å². The lowest BCUT2D eigenvalue weighted by molar-refractivity contribution is -0.131. The number of carbonyl (C=O) groups excluding carboxylic acids is 2. The first-order valence-corrected chi connectivity index (χ1v) is 8.70. The second-order valence-electron chi connectivity index (χ2n) is 7.71. The van der Waals surface area contributed by atoms with Gasteiger partial charge in [0, 0.05) is 43.6 Å². The van der Waals surface area contributed by atoms with E-state index in [9.17, 15) is 9.59 Å². The van der Waals surface area contributed by atoms with Gasteiger partial charge < -0.3 is 9.80 Å². The zero-order valence-electron chi connectivity index (χ0n) is 13.8. The van der Waals surface area contributed by atoms with E-state index in [-0.39, 0.29) is 11.3 Å². The molecule has 1 atom stereocenters. The lowest BCUT2D eigenvalue weighted by Gasteiger charge is -2.24. The number of anilines is 1. The Hall–Kier alpha value is -1.84. The minimum absolute atomic E-state index is 0.0266. The Morgan fingerprint density at radius 2 is 1.96 bits per heavy atom. The van der Waals surface area contributed by atoms with E-state index in [0.29, 0.717) is 24.7 Å². The van der Waals surface area contributed by atoms with E-state index in [0.717, 1.165) is 31.7 Å². The monoisotopic (exact) mass is 312 g/mol. The molecule has 0 aromatic heterocycles. The van der Waals surface area contributed by atoms with Crippen LogP contribution in [0.1, 0.15) is 37.7 Å². The van der Waals surface area contributed by atoms with Gasteiger partial charge >= 0.3 is 0 Å². The SMILES string of the molecule is Cc1ccc(N2C[C@@]3(CCN(C(=O)CC4CC4)C3)CC2=O)cc1. The van der Waals surface area contributed by atoms with Crippen molar-refractivity contribution in [2.45, 2.75) is 39.0 Å². The van der Waals surface area contributed by atoms with Crippen LogP contribution >= 0.6 is 0 Å². The molecule has 2 heterocycles. The van der Waals surface area contributed by atoms with Crippen LogP contribution < -0.4 is 4.90 Å². The van der Waals surface area contributed by atoms with Crippen molar-refractivity contribution in [3.63, 3.8) is 0 Å². The van der Waals surface area contributed by atoms with Crippen molar-refractivity contribution in [3.8, 4) is 0 Å². The third-order valence-corrected chi connectivity index (χ3v) is 5.62. The average molecular weight is 312 g/mol. The van der Waals surface area contributed by atoms with E-state index in [1.165, 1.54) is 18.4 Å². The molecule has 1 aromatic rings. The minimum atomic E-state index is -0.0266. The van der Waals surface area contributed by atoms with E-state index < -0.39 is 0 Å². The lowest BCUT2D eigenvalue weighted by atomic mass is 9.86. The van der Waals surface area contributed by atoms with E-state index in [1.807, 2.05) is 34.1 Å². The molecule has 1 saturated carbocycles. The van der Waals surface area contributed by atoms with Crippen LogP contribution in [-0.2, 0) is 9.59 Å². The molecule has 1 aliphatic carbocycles. The van der Waals surface area contributed by atoms with Gasteiger partial charge in [0.1, 0.15) is 0 Å². The summed E-state index contributed by atoms with van der Waals surface area (Å²) in [5, 5.41) is 0. The van der Waals surface area contributed by atoms with Crippen molar-refractivity contribution >= 4 is 17.5 Å². The summed E-state index contributed by atoms with van der Waals surface area (Å²) in [6.45, 7) is 4.38. The molecule has 4 rings (SSSR count). The number of nitrogens with zero attached hydrogens (tertiary/aromatic N) is 2. The molecule has 3 fully saturated rings. The van der Waals surface area contributed by atoms with Crippen molar-refractivity contribution in [1.29, 1.82) is 0 Å². The van der Waals surface area contributed by atoms with E-state index in [2.05, 4.69) is 6.92 Å². The zero-order valence-corrected chi connectivity index (χ0v) is 13.8. The van der Waals surface area contributed by atoms with Crippen LogP contribution in [0.5, 0.6) is 0 Å². The molecular formula is C19H24N2O2. The van der Waals surface area contributed by atoms with Gasteiger partial charge in [0.15, 0.2) is 0 Å². The van der Waals surface area contributed by atoms with Crippen LogP contribution in [0.2, 0.25) is 0 Å². The molecule has 1 spiro atoms. The van der Waals surface area contributed by atoms with Crippen LogP contribution in [0.15, 0.2) is 24.3 Å². The number of hydrogen-bond acceptors (Lipinski definition) is 2. The summed E-state index contributed by atoms with van der Waals surface area (Å²) in [6.07, 6.45) is 4.67. The van der Waals surface area contributed by atoms with Crippen molar-refractivity contribution < 1.29 is 9.59 Å². The van der Waals surface area contributed by atoms with Crippen molar-refractivity contribution in [2.24, 2.45) is 11.3 Å². The van der Waals surface area contributed by atoms with E-state index >= 15 is 0 Å². The minimum Gasteiger partial charge on any atom is -0.342 e. The van der Waals surface area contributed by atoms with Gasteiger partial charge in [-0.2, -0.15) is 0 Å². The number of likely N-dealkylation sites (tertiary alicyclic amines) is 1. The van der Waals surface area contributed by atoms with Crippen LogP contribution in [0.3, 0.4) is 0 Å². The molecule has 2 saturated heterocycles. The first kappa shape index (κ1) is 14.7. The fraction of sp³-hybridized carbons (Fsp3) is 0.579. The Kier molecular flexibility index (Phi) is 3.43. The number of benzene rings is 1. The number of amides is 2. The number of hydrogen-bond donors (Lipinski definition) is 0. The third-order valence-electron chi connectivity index (χ3n) is 5.62. The average Bonchev–Trinajstić information content (AvgIpc) is 3.15. The summed E-state index contributed by atoms with van der Waals surface area (Å²) >= 11 is 0. The third kappa shape index (κ3) is 2.87. The first-order chi connectivity index (χ1) is 11.0. The molecule has 1 aromatic carbocycles. The molecule has 4 heteroatoms. The summed E-state index contributed by atoms with van der Waals surface area (Å²) in [4.78, 5) is 28.8. The van der Waals surface area contributed by atoms with Crippen LogP contribution in [0.25, 0.3) is 0 Å². The highest BCUT2D eigenvalue weighted by Crippen LogP contribution is 2.42. The van der Waals surface area contributed by atoms with Gasteiger partial charge in [-0.25, -0.2) is 0 Å². The molecule has 4 nitrogen and oxygen atoms in total. The maximum atomic E-state index is 12.5. The molecule has 122 valence electrons. The quantitative estimate of drug-likeness (QED) is 0.861. The van der Waals surface area contributed by atoms with Gasteiger partial charge in [-0.3, -0.25) is 9.59 Å². The molecular weight excluding hydrogens is 288 g/mol. The largest absolute Gasteiger partial charge is 0.342 e. The standard InChI is InChI=1S/C19H24N2O2/c1-14-2-6-16(7-3-14)21-13-19(11-18(21)23)8-9-20(12-19)17(22)10-15-4-5-15/h2-3,6-7,15H,4-5,8-13H2,1H3/t19-/m0/s1. The zero-order chi connectivity index (χ0) is 16.0. The molecule has 3 aliphatic rings. The number of rotatable bonds is 3. The number of aryl methyl sites for hydroxylation is 1. The Bertz CT molecular complexity index is 635. The maximum Gasteiger partial charge on any atom is 0.227 e. The summed E-state index contributed by atoms with van der Waals surface area (Å²) in [5.74, 6) is 1.13. The topological polar surface area (TPSA) is 40.6 Å². The van der Waals surface area contributed by atoms with Gasteiger partial charge in [0.05, 0.1) is 0 Å². The molecule has 2 aliphatic heterocycles. The normalized spacial score (nSPS) is 27.3. The van der Waals surface area contributed by atoms with Gasteiger partial charge in [-0.05, 0) is 44.2 Å². The first-order valence-electron chi connectivity index (χ1n) is 8.70. The second-order valence-corrected chi connectivity index (χ2v) is 7.71.